The molecule has 0 fully saturated rings. The molecule has 1 heterocycles. The molecule has 2 aromatic carbocycles. The molecule has 0 amide bonds. The molecule has 0 spiro atoms. The molecule has 6 heteroatoms. The van der Waals surface area contributed by atoms with Gasteiger partial charge in [-0.15, -0.1) is 0 Å². The quantitative estimate of drug-likeness (QED) is 0.703. The number of hydrogen-bond acceptors (Lipinski definition) is 6. The minimum atomic E-state index is 0.553. The lowest BCUT2D eigenvalue weighted by atomic mass is 10.2. The third kappa shape index (κ3) is 4.03. The fourth-order valence-corrected chi connectivity index (χ4v) is 2.31. The monoisotopic (exact) mass is 331 g/mol. The average molecular weight is 331 g/mol. The topological polar surface area (TPSA) is 82.9 Å². The highest BCUT2D eigenvalue weighted by Gasteiger charge is 2.06. The highest BCUT2D eigenvalue weighted by molar-refractivity contribution is 5.68. The van der Waals surface area contributed by atoms with Gasteiger partial charge in [-0.1, -0.05) is 24.3 Å². The maximum Gasteiger partial charge on any atom is 0.142 e. The highest BCUT2D eigenvalue weighted by Crippen LogP contribution is 2.27. The van der Waals surface area contributed by atoms with E-state index >= 15 is 0 Å². The van der Waals surface area contributed by atoms with E-state index in [4.69, 9.17) is 4.74 Å². The summed E-state index contributed by atoms with van der Waals surface area (Å²) in [5, 5.41) is 15.6. The molecule has 0 aliphatic carbocycles. The second kappa shape index (κ2) is 7.79. The van der Waals surface area contributed by atoms with E-state index in [-0.39, 0.29) is 0 Å². The SMILES string of the molecule is CCOc1ccccc1Nc1cc(Nc2ccccc2C#N)ncn1. The van der Waals surface area contributed by atoms with Crippen LogP contribution in [0.2, 0.25) is 0 Å². The molecule has 0 saturated carbocycles. The summed E-state index contributed by atoms with van der Waals surface area (Å²) in [7, 11) is 0. The largest absolute Gasteiger partial charge is 0.492 e. The fourth-order valence-electron chi connectivity index (χ4n) is 2.31. The summed E-state index contributed by atoms with van der Waals surface area (Å²) in [5.74, 6) is 1.97. The summed E-state index contributed by atoms with van der Waals surface area (Å²) in [6, 6.07) is 18.9. The molecule has 6 nitrogen and oxygen atoms in total. The maximum absolute atomic E-state index is 9.18. The third-order valence-electron chi connectivity index (χ3n) is 3.43. The van der Waals surface area contributed by atoms with Crippen molar-refractivity contribution < 1.29 is 4.74 Å². The van der Waals surface area contributed by atoms with Gasteiger partial charge < -0.3 is 15.4 Å². The second-order valence-electron chi connectivity index (χ2n) is 5.13. The number of nitriles is 1. The zero-order chi connectivity index (χ0) is 17.5. The molecular weight excluding hydrogens is 314 g/mol. The number of hydrogen-bond donors (Lipinski definition) is 2. The molecule has 25 heavy (non-hydrogen) atoms. The lowest BCUT2D eigenvalue weighted by molar-refractivity contribution is 0.342. The van der Waals surface area contributed by atoms with Crippen LogP contribution in [0.3, 0.4) is 0 Å². The van der Waals surface area contributed by atoms with E-state index in [1.165, 1.54) is 6.33 Å². The van der Waals surface area contributed by atoms with Crippen LogP contribution >= 0.6 is 0 Å². The standard InChI is InChI=1S/C19H17N5O/c1-2-25-17-10-6-5-9-16(17)24-19-11-18(21-13-22-19)23-15-8-4-3-7-14(15)12-20/h3-11,13H,2H2,1H3,(H2,21,22,23,24). The number of anilines is 4. The first-order valence-corrected chi connectivity index (χ1v) is 7.87. The Bertz CT molecular complexity index is 904. The van der Waals surface area contributed by atoms with E-state index in [2.05, 4.69) is 26.7 Å². The van der Waals surface area contributed by atoms with E-state index < -0.39 is 0 Å². The van der Waals surface area contributed by atoms with E-state index in [1.54, 1.807) is 12.1 Å². The van der Waals surface area contributed by atoms with Crippen molar-refractivity contribution >= 4 is 23.0 Å². The van der Waals surface area contributed by atoms with Crippen LogP contribution in [0.1, 0.15) is 12.5 Å². The first-order chi connectivity index (χ1) is 12.3. The molecule has 0 aliphatic rings. The molecule has 0 radical (unpaired) electrons. The Morgan fingerprint density at radius 3 is 2.32 bits per heavy atom. The lowest BCUT2D eigenvalue weighted by Crippen LogP contribution is -2.01. The van der Waals surface area contributed by atoms with Gasteiger partial charge in [-0.2, -0.15) is 5.26 Å². The van der Waals surface area contributed by atoms with Crippen LogP contribution < -0.4 is 15.4 Å². The van der Waals surface area contributed by atoms with Crippen molar-refractivity contribution in [2.24, 2.45) is 0 Å². The predicted octanol–water partition coefficient (Wildman–Crippen LogP) is 4.23. The second-order valence-corrected chi connectivity index (χ2v) is 5.13. The molecule has 1 aromatic heterocycles. The molecule has 2 N–H and O–H groups in total. The van der Waals surface area contributed by atoms with E-state index in [9.17, 15) is 5.26 Å². The van der Waals surface area contributed by atoms with Gasteiger partial charge in [-0.3, -0.25) is 0 Å². The number of nitrogens with zero attached hydrogens (tertiary/aromatic N) is 3. The van der Waals surface area contributed by atoms with Crippen LogP contribution in [-0.4, -0.2) is 16.6 Å². The lowest BCUT2D eigenvalue weighted by Gasteiger charge is -2.12. The molecule has 0 aliphatic heterocycles. The third-order valence-corrected chi connectivity index (χ3v) is 3.43. The molecule has 0 unspecified atom stereocenters. The van der Waals surface area contributed by atoms with Gasteiger partial charge in [0.25, 0.3) is 0 Å². The fraction of sp³-hybridized carbons (Fsp3) is 0.105. The van der Waals surface area contributed by atoms with Gasteiger partial charge in [0.05, 0.1) is 23.5 Å². The Balaban J connectivity index is 1.82. The Morgan fingerprint density at radius 2 is 1.60 bits per heavy atom. The van der Waals surface area contributed by atoms with Gasteiger partial charge in [-0.05, 0) is 31.2 Å². The molecule has 3 aromatic rings. The van der Waals surface area contributed by atoms with Crippen molar-refractivity contribution in [2.75, 3.05) is 17.2 Å². The van der Waals surface area contributed by atoms with Gasteiger partial charge >= 0.3 is 0 Å². The summed E-state index contributed by atoms with van der Waals surface area (Å²) >= 11 is 0. The number of ether oxygens (including phenoxy) is 1. The van der Waals surface area contributed by atoms with Crippen molar-refractivity contribution in [2.45, 2.75) is 6.92 Å². The van der Waals surface area contributed by atoms with Crippen molar-refractivity contribution in [3.63, 3.8) is 0 Å². The molecule has 0 bridgehead atoms. The maximum atomic E-state index is 9.18. The van der Waals surface area contributed by atoms with Crippen molar-refractivity contribution in [1.29, 1.82) is 5.26 Å². The Morgan fingerprint density at radius 1 is 0.960 bits per heavy atom. The Kier molecular flexibility index (Phi) is 5.07. The van der Waals surface area contributed by atoms with Crippen LogP contribution in [0.5, 0.6) is 5.75 Å². The molecule has 124 valence electrons. The van der Waals surface area contributed by atoms with Gasteiger partial charge in [0, 0.05) is 6.07 Å². The minimum Gasteiger partial charge on any atom is -0.492 e. The highest BCUT2D eigenvalue weighted by atomic mass is 16.5. The number of rotatable bonds is 6. The van der Waals surface area contributed by atoms with Gasteiger partial charge in [0.1, 0.15) is 29.8 Å². The first-order valence-electron chi connectivity index (χ1n) is 7.87. The minimum absolute atomic E-state index is 0.553. The molecular formula is C19H17N5O. The van der Waals surface area contributed by atoms with E-state index in [0.29, 0.717) is 29.5 Å². The van der Waals surface area contributed by atoms with E-state index in [1.807, 2.05) is 49.4 Å². The van der Waals surface area contributed by atoms with Crippen molar-refractivity contribution in [3.05, 3.63) is 66.5 Å². The summed E-state index contributed by atoms with van der Waals surface area (Å²) in [6.45, 7) is 2.52. The van der Waals surface area contributed by atoms with Crippen LogP contribution in [0.4, 0.5) is 23.0 Å². The van der Waals surface area contributed by atoms with Crippen LogP contribution in [0.25, 0.3) is 0 Å². The number of aromatic nitrogens is 2. The summed E-state index contributed by atoms with van der Waals surface area (Å²) in [6.07, 6.45) is 1.46. The summed E-state index contributed by atoms with van der Waals surface area (Å²) < 4.78 is 5.61. The normalized spacial score (nSPS) is 9.92. The van der Waals surface area contributed by atoms with Crippen molar-refractivity contribution in [1.82, 2.24) is 9.97 Å². The van der Waals surface area contributed by atoms with Gasteiger partial charge in [0.2, 0.25) is 0 Å². The number of benzene rings is 2. The van der Waals surface area contributed by atoms with Crippen LogP contribution in [0, 0.1) is 11.3 Å². The van der Waals surface area contributed by atoms with Gasteiger partial charge in [-0.25, -0.2) is 9.97 Å². The molecule has 0 atom stereocenters. The van der Waals surface area contributed by atoms with Crippen LogP contribution in [0.15, 0.2) is 60.9 Å². The number of para-hydroxylation sites is 3. The smallest absolute Gasteiger partial charge is 0.142 e. The summed E-state index contributed by atoms with van der Waals surface area (Å²) in [4.78, 5) is 8.44. The molecule has 0 saturated heterocycles. The number of nitrogens with one attached hydrogen (secondary N) is 2. The predicted molar refractivity (Wildman–Crippen MR) is 97.4 cm³/mol. The Labute approximate surface area is 146 Å². The van der Waals surface area contributed by atoms with E-state index in [0.717, 1.165) is 11.4 Å². The zero-order valence-corrected chi connectivity index (χ0v) is 13.7. The van der Waals surface area contributed by atoms with Crippen molar-refractivity contribution in [3.8, 4) is 11.8 Å². The Hall–Kier alpha value is -3.59. The molecule has 3 rings (SSSR count). The first kappa shape index (κ1) is 16.3. The summed E-state index contributed by atoms with van der Waals surface area (Å²) in [5.41, 5.74) is 2.08. The van der Waals surface area contributed by atoms with Crippen LogP contribution in [-0.2, 0) is 0 Å². The van der Waals surface area contributed by atoms with Gasteiger partial charge in [0.15, 0.2) is 0 Å². The zero-order valence-electron chi connectivity index (χ0n) is 13.7. The average Bonchev–Trinajstić information content (AvgIpc) is 2.64.